The van der Waals surface area contributed by atoms with Crippen LogP contribution in [0, 0.1) is 35.0 Å². The Morgan fingerprint density at radius 3 is 1.93 bits per heavy atom. The number of benzene rings is 2. The van der Waals surface area contributed by atoms with E-state index >= 15 is 0 Å². The minimum Gasteiger partial charge on any atom is -0.379 e. The van der Waals surface area contributed by atoms with Crippen molar-refractivity contribution in [1.82, 2.24) is 51.9 Å². The van der Waals surface area contributed by atoms with Crippen molar-refractivity contribution in [2.45, 2.75) is 214 Å². The lowest BCUT2D eigenvalue weighted by molar-refractivity contribution is -0.148. The van der Waals surface area contributed by atoms with E-state index in [0.29, 0.717) is 63.1 Å². The zero-order valence-corrected chi connectivity index (χ0v) is 63.8. The monoisotopic (exact) mass is 1430 g/mol. The number of anilines is 1. The Labute approximate surface area is 604 Å². The standard InChI is InChI=1S/C73H121N15O14/c1-19-48(9)63(87(16)70(97)61(46(5)6)84-69(96)62(47(7)8)86(14)15)56(99-17)39-59(91)88-37-25-29-55(88)64(100-18)49(10)65(92)82-54(38-50-26-22-21-23-27-50)66(93)77-40-51-30-32-52(33-31-51)80-67(94)53(28-24-35-76-71(74)98)81-68(95)60(45(3)4)83-58(90)42-101-41-57(89)78-43-72(11,12)44-102-73(13,20-2)34-36-79-85-75/h21-23,26-27,30-33,45-49,53-56,60-64H,19-20,24-25,28-29,34-44H2,1-18H3,(H,77,93)(H,78,89)(H,80,94)(H,81,95)(H,82,92)(H,83,90)(H,84,96)(H3,74,76,98)/t48-,49+,53-,54-,55-,56+,60-,61-,62-,63-,64+,73?/m0/s1. The van der Waals surface area contributed by atoms with Crippen LogP contribution in [0.3, 0.4) is 0 Å². The third-order valence-corrected chi connectivity index (χ3v) is 19.0. The van der Waals surface area contributed by atoms with Crippen LogP contribution in [0.5, 0.6) is 0 Å². The molecule has 10 N–H and O–H groups in total. The minimum absolute atomic E-state index is 0.00983. The molecule has 0 radical (unpaired) electrons. The number of hydrogen-bond donors (Lipinski definition) is 9. The second-order valence-electron chi connectivity index (χ2n) is 29.1. The van der Waals surface area contributed by atoms with Crippen LogP contribution in [0.4, 0.5) is 10.5 Å². The Morgan fingerprint density at radius 2 is 1.36 bits per heavy atom. The number of primary amides is 1. The molecule has 102 heavy (non-hydrogen) atoms. The second-order valence-corrected chi connectivity index (χ2v) is 29.1. The number of nitrogens with two attached hydrogens (primary N) is 1. The predicted molar refractivity (Wildman–Crippen MR) is 391 cm³/mol. The first-order valence-corrected chi connectivity index (χ1v) is 35.8. The smallest absolute Gasteiger partial charge is 0.312 e. The van der Waals surface area contributed by atoms with Gasteiger partial charge in [0.15, 0.2) is 0 Å². The van der Waals surface area contributed by atoms with Gasteiger partial charge in [0.2, 0.25) is 53.2 Å². The molecule has 1 aliphatic rings. The number of nitrogens with one attached hydrogen (secondary N) is 8. The molecule has 0 aromatic heterocycles. The number of ether oxygens (including phenoxy) is 4. The molecule has 29 nitrogen and oxygen atoms in total. The summed E-state index contributed by atoms with van der Waals surface area (Å²) in [5.74, 6) is -5.81. The van der Waals surface area contributed by atoms with Crippen LogP contribution >= 0.6 is 0 Å². The Morgan fingerprint density at radius 1 is 0.725 bits per heavy atom. The molecule has 0 spiro atoms. The molecule has 0 bridgehead atoms. The molecular formula is C73H121N15O14. The van der Waals surface area contributed by atoms with E-state index in [1.807, 2.05) is 119 Å². The highest BCUT2D eigenvalue weighted by Crippen LogP contribution is 2.31. The number of rotatable bonds is 46. The molecule has 1 fully saturated rings. The zero-order valence-electron chi connectivity index (χ0n) is 63.8. The first kappa shape index (κ1) is 88.3. The topological polar surface area (TPSA) is 388 Å². The predicted octanol–water partition coefficient (Wildman–Crippen LogP) is 5.73. The van der Waals surface area contributed by atoms with Crippen molar-refractivity contribution in [2.24, 2.45) is 45.9 Å². The molecule has 1 saturated heterocycles. The Balaban J connectivity index is 1.71. The molecule has 1 aliphatic heterocycles. The summed E-state index contributed by atoms with van der Waals surface area (Å²) in [5, 5.41) is 26.1. The summed E-state index contributed by atoms with van der Waals surface area (Å²) in [6.07, 6.45) is 1.94. The van der Waals surface area contributed by atoms with E-state index in [9.17, 15) is 47.9 Å². The van der Waals surface area contributed by atoms with E-state index in [-0.39, 0.29) is 80.8 Å². The van der Waals surface area contributed by atoms with Gasteiger partial charge in [-0.3, -0.25) is 48.1 Å². The maximum Gasteiger partial charge on any atom is 0.312 e. The average Bonchev–Trinajstić information content (AvgIpc) is 1.14. The molecule has 0 aliphatic carbocycles. The molecule has 29 heteroatoms. The second kappa shape index (κ2) is 43.9. The van der Waals surface area contributed by atoms with Crippen LogP contribution in [0.2, 0.25) is 0 Å². The van der Waals surface area contributed by atoms with Crippen LogP contribution in [-0.2, 0) is 75.1 Å². The normalized spacial score (nSPS) is 16.7. The summed E-state index contributed by atoms with van der Waals surface area (Å²) in [4.78, 5) is 145. The Bertz CT molecular complexity index is 3050. The van der Waals surface area contributed by atoms with Gasteiger partial charge in [0.1, 0.15) is 37.4 Å². The molecule has 12 atom stereocenters. The number of azide groups is 1. The Kier molecular flexibility index (Phi) is 38.0. The number of hydrogen-bond acceptors (Lipinski definition) is 16. The number of nitrogens with zero attached hydrogens (tertiary/aromatic N) is 6. The zero-order chi connectivity index (χ0) is 76.6. The summed E-state index contributed by atoms with van der Waals surface area (Å²) in [5.41, 5.74) is 14.7. The van der Waals surface area contributed by atoms with Crippen LogP contribution in [-0.4, -0.2) is 215 Å². The molecule has 2 aromatic rings. The average molecular weight is 1430 g/mol. The van der Waals surface area contributed by atoms with Crippen LogP contribution in [0.15, 0.2) is 59.7 Å². The van der Waals surface area contributed by atoms with E-state index in [1.165, 1.54) is 14.2 Å². The van der Waals surface area contributed by atoms with Crippen LogP contribution in [0.1, 0.15) is 153 Å². The van der Waals surface area contributed by atoms with E-state index in [4.69, 9.17) is 30.2 Å². The van der Waals surface area contributed by atoms with Crippen molar-refractivity contribution in [3.63, 3.8) is 0 Å². The first-order chi connectivity index (χ1) is 48.1. The van der Waals surface area contributed by atoms with Gasteiger partial charge >= 0.3 is 6.03 Å². The fourth-order valence-electron chi connectivity index (χ4n) is 12.5. The van der Waals surface area contributed by atoms with E-state index in [0.717, 1.165) is 5.56 Å². The van der Waals surface area contributed by atoms with Crippen molar-refractivity contribution in [2.75, 3.05) is 86.7 Å². The van der Waals surface area contributed by atoms with Gasteiger partial charge in [-0.15, -0.1) is 0 Å². The van der Waals surface area contributed by atoms with Gasteiger partial charge in [0.25, 0.3) is 0 Å². The molecule has 2 aromatic carbocycles. The quantitative estimate of drug-likeness (QED) is 0.0165. The Hall–Kier alpha value is -7.95. The molecule has 0 saturated carbocycles. The first-order valence-electron chi connectivity index (χ1n) is 35.8. The van der Waals surface area contributed by atoms with Crippen molar-refractivity contribution >= 4 is 64.9 Å². The largest absolute Gasteiger partial charge is 0.379 e. The molecule has 1 heterocycles. The summed E-state index contributed by atoms with van der Waals surface area (Å²) in [7, 11) is 8.39. The molecular weight excluding hydrogens is 1310 g/mol. The van der Waals surface area contributed by atoms with Gasteiger partial charge in [-0.05, 0) is 112 Å². The van der Waals surface area contributed by atoms with Crippen molar-refractivity contribution in [1.29, 1.82) is 0 Å². The van der Waals surface area contributed by atoms with Crippen molar-refractivity contribution < 1.29 is 66.9 Å². The number of urea groups is 1. The maximum absolute atomic E-state index is 14.7. The summed E-state index contributed by atoms with van der Waals surface area (Å²) in [6.45, 7) is 25.0. The van der Waals surface area contributed by atoms with Gasteiger partial charge in [-0.25, -0.2) is 4.79 Å². The SMILES string of the molecule is CC[C@H](C)[C@@H]([C@@H](CC(=O)N1CCC[C@H]1[C@H](OC)[C@@H](C)C(=O)N[C@@H](Cc1ccccc1)C(=O)NCc1ccc(NC(=O)[C@H](CCCNC(N)=O)NC(=O)[C@@H](NC(=O)COCC(=O)NCC(C)(C)COC(C)(CC)CCN=[N+]=[N-])C(C)C)cc1)OC)N(C)C(=O)[C@@H](NC(=O)[C@H](C(C)C)N(C)C)C(C)C. The van der Waals surface area contributed by atoms with Gasteiger partial charge in [0, 0.05) is 76.4 Å². The highest BCUT2D eigenvalue weighted by Gasteiger charge is 2.44. The third-order valence-electron chi connectivity index (χ3n) is 19.0. The summed E-state index contributed by atoms with van der Waals surface area (Å²) < 4.78 is 23.8. The lowest BCUT2D eigenvalue weighted by Gasteiger charge is -2.41. The van der Waals surface area contributed by atoms with Crippen molar-refractivity contribution in [3.8, 4) is 0 Å². The number of amides is 11. The minimum atomic E-state index is -1.16. The van der Waals surface area contributed by atoms with E-state index in [1.54, 1.807) is 61.9 Å². The van der Waals surface area contributed by atoms with Crippen LogP contribution in [0.25, 0.3) is 10.4 Å². The van der Waals surface area contributed by atoms with Gasteiger partial charge in [-0.1, -0.05) is 137 Å². The lowest BCUT2D eigenvalue weighted by atomic mass is 9.89. The number of methoxy groups -OCH3 is 2. The van der Waals surface area contributed by atoms with Gasteiger partial charge < -0.3 is 77.0 Å². The van der Waals surface area contributed by atoms with E-state index < -0.39 is 132 Å². The fraction of sp³-hybridized carbons (Fsp3) is 0.699. The van der Waals surface area contributed by atoms with Crippen molar-refractivity contribution in [3.05, 3.63) is 76.2 Å². The number of likely N-dealkylation sites (N-methyl/N-ethyl adjacent to an activating group) is 2. The van der Waals surface area contributed by atoms with Gasteiger partial charge in [-0.2, -0.15) is 0 Å². The summed E-state index contributed by atoms with van der Waals surface area (Å²) >= 11 is 0. The molecule has 572 valence electrons. The maximum atomic E-state index is 14.7. The van der Waals surface area contributed by atoms with Crippen LogP contribution < -0.4 is 48.3 Å². The molecule has 3 rings (SSSR count). The lowest BCUT2D eigenvalue weighted by Crippen LogP contribution is -2.59. The summed E-state index contributed by atoms with van der Waals surface area (Å²) in [6, 6.07) is 9.40. The molecule has 11 amide bonds. The fourth-order valence-corrected chi connectivity index (χ4v) is 12.5. The third kappa shape index (κ3) is 29.1. The number of carbonyl (C=O) groups excluding carboxylic acids is 10. The highest BCUT2D eigenvalue weighted by molar-refractivity contribution is 5.99. The number of carbonyl (C=O) groups is 10. The molecule has 1 unspecified atom stereocenters. The van der Waals surface area contributed by atoms with E-state index in [2.05, 4.69) is 52.6 Å². The van der Waals surface area contributed by atoms with Gasteiger partial charge in [0.05, 0.1) is 54.9 Å². The number of likely N-dealkylation sites (tertiary alicyclic amines) is 1. The highest BCUT2D eigenvalue weighted by atomic mass is 16.5.